The zero-order chi connectivity index (χ0) is 10.7. The van der Waals surface area contributed by atoms with Gasteiger partial charge in [0.15, 0.2) is 0 Å². The minimum atomic E-state index is 0.327. The van der Waals surface area contributed by atoms with E-state index in [1.165, 1.54) is 12.8 Å². The zero-order valence-corrected chi connectivity index (χ0v) is 9.58. The number of nitrogens with zero attached hydrogens (tertiary/aromatic N) is 1. The van der Waals surface area contributed by atoms with Gasteiger partial charge < -0.3 is 9.64 Å². The molecule has 0 aromatic heterocycles. The van der Waals surface area contributed by atoms with E-state index in [2.05, 4.69) is 11.8 Å². The molecule has 0 bridgehead atoms. The SMILES string of the molecule is CCCC(=O)N1CCO[C@@H]2CCCC[C@@H]21. The molecule has 0 N–H and O–H groups in total. The predicted octanol–water partition coefficient (Wildman–Crippen LogP) is 1.96. The van der Waals surface area contributed by atoms with Gasteiger partial charge in [-0.25, -0.2) is 0 Å². The Labute approximate surface area is 91.8 Å². The Balaban J connectivity index is 2.00. The molecule has 3 nitrogen and oxygen atoms in total. The second-order valence-corrected chi connectivity index (χ2v) is 4.60. The van der Waals surface area contributed by atoms with Crippen LogP contribution in [0.4, 0.5) is 0 Å². The number of rotatable bonds is 2. The van der Waals surface area contributed by atoms with Crippen LogP contribution in [-0.4, -0.2) is 36.1 Å². The summed E-state index contributed by atoms with van der Waals surface area (Å²) in [6.07, 6.45) is 6.77. The van der Waals surface area contributed by atoms with Gasteiger partial charge in [-0.1, -0.05) is 19.8 Å². The molecule has 0 unspecified atom stereocenters. The van der Waals surface area contributed by atoms with Gasteiger partial charge in [-0.3, -0.25) is 4.79 Å². The Morgan fingerprint density at radius 1 is 1.40 bits per heavy atom. The number of carbonyl (C=O) groups excluding carboxylic acids is 1. The van der Waals surface area contributed by atoms with Gasteiger partial charge in [0.1, 0.15) is 0 Å². The monoisotopic (exact) mass is 211 g/mol. The number of morpholine rings is 1. The van der Waals surface area contributed by atoms with Gasteiger partial charge in [0, 0.05) is 13.0 Å². The minimum absolute atomic E-state index is 0.327. The maximum atomic E-state index is 11.9. The van der Waals surface area contributed by atoms with Crippen molar-refractivity contribution in [1.82, 2.24) is 4.90 Å². The number of carbonyl (C=O) groups is 1. The summed E-state index contributed by atoms with van der Waals surface area (Å²) in [6, 6.07) is 0.381. The molecule has 0 radical (unpaired) electrons. The van der Waals surface area contributed by atoms with Gasteiger partial charge in [-0.2, -0.15) is 0 Å². The molecule has 0 spiro atoms. The van der Waals surface area contributed by atoms with Gasteiger partial charge in [0.25, 0.3) is 0 Å². The van der Waals surface area contributed by atoms with Crippen molar-refractivity contribution in [2.24, 2.45) is 0 Å². The molecule has 1 aliphatic carbocycles. The molecular weight excluding hydrogens is 190 g/mol. The van der Waals surface area contributed by atoms with E-state index in [1.54, 1.807) is 0 Å². The third-order valence-corrected chi connectivity index (χ3v) is 3.52. The largest absolute Gasteiger partial charge is 0.374 e. The Kier molecular flexibility index (Phi) is 3.62. The lowest BCUT2D eigenvalue weighted by atomic mass is 9.90. The van der Waals surface area contributed by atoms with Crippen LogP contribution in [0.15, 0.2) is 0 Å². The standard InChI is InChI=1S/C12H21NO2/c1-2-5-12(14)13-8-9-15-11-7-4-3-6-10(11)13/h10-11H,2-9H2,1H3/t10-,11+/m0/s1. The number of ether oxygens (including phenoxy) is 1. The topological polar surface area (TPSA) is 29.5 Å². The summed E-state index contributed by atoms with van der Waals surface area (Å²) in [5.41, 5.74) is 0. The normalized spacial score (nSPS) is 31.1. The summed E-state index contributed by atoms with van der Waals surface area (Å²) >= 11 is 0. The van der Waals surface area contributed by atoms with E-state index in [-0.39, 0.29) is 0 Å². The molecular formula is C12H21NO2. The van der Waals surface area contributed by atoms with Crippen molar-refractivity contribution in [3.8, 4) is 0 Å². The first-order valence-corrected chi connectivity index (χ1v) is 6.24. The van der Waals surface area contributed by atoms with E-state index in [1.807, 2.05) is 0 Å². The second kappa shape index (κ2) is 4.97. The quantitative estimate of drug-likeness (QED) is 0.698. The Bertz CT molecular complexity index is 228. The lowest BCUT2D eigenvalue weighted by Gasteiger charge is -2.43. The summed E-state index contributed by atoms with van der Waals surface area (Å²) in [4.78, 5) is 14.0. The van der Waals surface area contributed by atoms with Crippen LogP contribution >= 0.6 is 0 Å². The van der Waals surface area contributed by atoms with Crippen molar-refractivity contribution in [2.45, 2.75) is 57.6 Å². The molecule has 1 saturated heterocycles. The van der Waals surface area contributed by atoms with Crippen LogP contribution in [0.1, 0.15) is 45.4 Å². The molecule has 1 amide bonds. The van der Waals surface area contributed by atoms with Gasteiger partial charge >= 0.3 is 0 Å². The Morgan fingerprint density at radius 2 is 2.20 bits per heavy atom. The van der Waals surface area contributed by atoms with Crippen molar-refractivity contribution in [1.29, 1.82) is 0 Å². The first-order chi connectivity index (χ1) is 7.33. The summed E-state index contributed by atoms with van der Waals surface area (Å²) in [5.74, 6) is 0.331. The third-order valence-electron chi connectivity index (χ3n) is 3.52. The highest BCUT2D eigenvalue weighted by Crippen LogP contribution is 2.28. The smallest absolute Gasteiger partial charge is 0.222 e. The molecule has 1 heterocycles. The van der Waals surface area contributed by atoms with Crippen LogP contribution in [0.25, 0.3) is 0 Å². The molecule has 3 heteroatoms. The Hall–Kier alpha value is -0.570. The van der Waals surface area contributed by atoms with E-state index in [0.717, 1.165) is 32.4 Å². The van der Waals surface area contributed by atoms with Crippen molar-refractivity contribution in [2.75, 3.05) is 13.2 Å². The van der Waals surface area contributed by atoms with Crippen molar-refractivity contribution >= 4 is 5.91 Å². The average Bonchev–Trinajstić information content (AvgIpc) is 2.28. The number of hydrogen-bond acceptors (Lipinski definition) is 2. The number of amides is 1. The van der Waals surface area contributed by atoms with E-state index in [9.17, 15) is 4.79 Å². The van der Waals surface area contributed by atoms with Gasteiger partial charge in [0.2, 0.25) is 5.91 Å². The van der Waals surface area contributed by atoms with E-state index in [4.69, 9.17) is 4.74 Å². The lowest BCUT2D eigenvalue weighted by Crippen LogP contribution is -2.54. The maximum Gasteiger partial charge on any atom is 0.222 e. The van der Waals surface area contributed by atoms with Crippen LogP contribution < -0.4 is 0 Å². The molecule has 2 fully saturated rings. The molecule has 1 aliphatic heterocycles. The van der Waals surface area contributed by atoms with Gasteiger partial charge in [-0.15, -0.1) is 0 Å². The highest BCUT2D eigenvalue weighted by atomic mass is 16.5. The van der Waals surface area contributed by atoms with Crippen LogP contribution in [0.5, 0.6) is 0 Å². The van der Waals surface area contributed by atoms with E-state index >= 15 is 0 Å². The predicted molar refractivity (Wildman–Crippen MR) is 58.6 cm³/mol. The van der Waals surface area contributed by atoms with Crippen LogP contribution in [0.2, 0.25) is 0 Å². The molecule has 0 aromatic carbocycles. The summed E-state index contributed by atoms with van der Waals surface area (Å²) < 4.78 is 5.75. The fourth-order valence-corrected chi connectivity index (χ4v) is 2.76. The molecule has 2 atom stereocenters. The average molecular weight is 211 g/mol. The van der Waals surface area contributed by atoms with Crippen LogP contribution in [0, 0.1) is 0 Å². The number of fused-ring (bicyclic) bond motifs is 1. The Morgan fingerprint density at radius 3 is 3.00 bits per heavy atom. The highest BCUT2D eigenvalue weighted by Gasteiger charge is 2.35. The second-order valence-electron chi connectivity index (χ2n) is 4.60. The van der Waals surface area contributed by atoms with Crippen LogP contribution in [0.3, 0.4) is 0 Å². The summed E-state index contributed by atoms with van der Waals surface area (Å²) in [6.45, 7) is 3.60. The molecule has 0 aromatic rings. The zero-order valence-electron chi connectivity index (χ0n) is 9.58. The van der Waals surface area contributed by atoms with Gasteiger partial charge in [0.05, 0.1) is 18.8 Å². The lowest BCUT2D eigenvalue weighted by molar-refractivity contribution is -0.149. The summed E-state index contributed by atoms with van der Waals surface area (Å²) in [5, 5.41) is 0. The minimum Gasteiger partial charge on any atom is -0.374 e. The molecule has 2 aliphatic rings. The van der Waals surface area contributed by atoms with Gasteiger partial charge in [-0.05, 0) is 19.3 Å². The molecule has 2 rings (SSSR count). The van der Waals surface area contributed by atoms with Crippen molar-refractivity contribution < 1.29 is 9.53 Å². The van der Waals surface area contributed by atoms with E-state index < -0.39 is 0 Å². The van der Waals surface area contributed by atoms with Crippen molar-refractivity contribution in [3.63, 3.8) is 0 Å². The first-order valence-electron chi connectivity index (χ1n) is 6.24. The fourth-order valence-electron chi connectivity index (χ4n) is 2.76. The molecule has 15 heavy (non-hydrogen) atoms. The maximum absolute atomic E-state index is 11.9. The van der Waals surface area contributed by atoms with E-state index in [0.29, 0.717) is 24.5 Å². The van der Waals surface area contributed by atoms with Crippen LogP contribution in [-0.2, 0) is 9.53 Å². The molecule has 86 valence electrons. The fraction of sp³-hybridized carbons (Fsp3) is 0.917. The molecule has 1 saturated carbocycles. The number of hydrogen-bond donors (Lipinski definition) is 0. The first kappa shape index (κ1) is 10.9. The summed E-state index contributed by atoms with van der Waals surface area (Å²) in [7, 11) is 0. The highest BCUT2D eigenvalue weighted by molar-refractivity contribution is 5.76. The third kappa shape index (κ3) is 2.33. The van der Waals surface area contributed by atoms with Crippen molar-refractivity contribution in [3.05, 3.63) is 0 Å².